The maximum atomic E-state index is 15.4. The van der Waals surface area contributed by atoms with Gasteiger partial charge in [0.2, 0.25) is 0 Å². The fourth-order valence-electron chi connectivity index (χ4n) is 3.94. The summed E-state index contributed by atoms with van der Waals surface area (Å²) in [7, 11) is 1.46. The van der Waals surface area contributed by atoms with E-state index in [1.54, 1.807) is 64.1 Å². The van der Waals surface area contributed by atoms with E-state index in [-0.39, 0.29) is 29.8 Å². The molecule has 0 aliphatic rings. The largest absolute Gasteiger partial charge is 0.497 e. The maximum Gasteiger partial charge on any atom is 0.408 e. The highest BCUT2D eigenvalue weighted by molar-refractivity contribution is 5.97. The van der Waals surface area contributed by atoms with Gasteiger partial charge in [0, 0.05) is 23.1 Å². The van der Waals surface area contributed by atoms with Crippen molar-refractivity contribution in [2.75, 3.05) is 7.11 Å². The molecule has 0 heterocycles. The van der Waals surface area contributed by atoms with Gasteiger partial charge in [-0.25, -0.2) is 18.0 Å². The van der Waals surface area contributed by atoms with Gasteiger partial charge >= 0.3 is 6.09 Å². The standard InChI is InChI=1S/C29H30F3NO4/c1-17-8-6-7-9-20(17)24(34)15-14-23(33-28(35)37-29(2,3)4)25-22(30)16-21(26(31)27(25)32)18-10-12-19(36-5)13-11-18/h6-13,16,23H,14-15H2,1-5H3,(H,33,35). The van der Waals surface area contributed by atoms with E-state index in [4.69, 9.17) is 9.47 Å². The van der Waals surface area contributed by atoms with Crippen LogP contribution in [-0.4, -0.2) is 24.6 Å². The lowest BCUT2D eigenvalue weighted by Crippen LogP contribution is -2.36. The molecule has 3 aromatic carbocycles. The van der Waals surface area contributed by atoms with Gasteiger partial charge in [-0.1, -0.05) is 36.4 Å². The second kappa shape index (κ2) is 11.5. The Hall–Kier alpha value is -3.81. The third-order valence-electron chi connectivity index (χ3n) is 5.74. The summed E-state index contributed by atoms with van der Waals surface area (Å²) < 4.78 is 56.3. The number of ether oxygens (including phenoxy) is 2. The molecule has 0 aliphatic carbocycles. The number of Topliss-reactive ketones (excluding diaryl/α,β-unsaturated/α-hetero) is 1. The molecule has 0 saturated heterocycles. The van der Waals surface area contributed by atoms with Crippen LogP contribution in [0.5, 0.6) is 5.75 Å². The number of nitrogens with one attached hydrogen (secondary N) is 1. The minimum Gasteiger partial charge on any atom is -0.497 e. The summed E-state index contributed by atoms with van der Waals surface area (Å²) in [5.41, 5.74) is -0.399. The fourth-order valence-corrected chi connectivity index (χ4v) is 3.94. The third-order valence-corrected chi connectivity index (χ3v) is 5.74. The number of amides is 1. The van der Waals surface area contributed by atoms with Crippen LogP contribution in [0.15, 0.2) is 54.6 Å². The van der Waals surface area contributed by atoms with Gasteiger partial charge in [0.1, 0.15) is 17.2 Å². The average Bonchev–Trinajstić information content (AvgIpc) is 2.83. The highest BCUT2D eigenvalue weighted by atomic mass is 19.2. The van der Waals surface area contributed by atoms with Gasteiger partial charge in [0.05, 0.1) is 13.2 Å². The molecule has 0 radical (unpaired) electrons. The lowest BCUT2D eigenvalue weighted by molar-refractivity contribution is 0.0496. The molecule has 0 aromatic heterocycles. The predicted molar refractivity (Wildman–Crippen MR) is 135 cm³/mol. The molecule has 3 rings (SSSR count). The van der Waals surface area contributed by atoms with Crippen molar-refractivity contribution in [2.45, 2.75) is 52.2 Å². The van der Waals surface area contributed by atoms with Crippen LogP contribution in [0.1, 0.15) is 61.1 Å². The summed E-state index contributed by atoms with van der Waals surface area (Å²) in [6, 6.07) is 12.5. The van der Waals surface area contributed by atoms with Crippen molar-refractivity contribution in [2.24, 2.45) is 0 Å². The van der Waals surface area contributed by atoms with E-state index in [1.807, 2.05) is 0 Å². The normalized spacial score (nSPS) is 12.1. The topological polar surface area (TPSA) is 64.6 Å². The van der Waals surface area contributed by atoms with Crippen LogP contribution in [0, 0.1) is 24.4 Å². The number of carbonyl (C=O) groups is 2. The van der Waals surface area contributed by atoms with Crippen molar-refractivity contribution >= 4 is 11.9 Å². The van der Waals surface area contributed by atoms with Gasteiger partial charge in [-0.3, -0.25) is 4.79 Å². The first-order valence-corrected chi connectivity index (χ1v) is 11.8. The number of aryl methyl sites for hydroxylation is 1. The van der Waals surface area contributed by atoms with Gasteiger partial charge in [-0.05, 0) is 63.4 Å². The number of methoxy groups -OCH3 is 1. The number of benzene rings is 3. The van der Waals surface area contributed by atoms with E-state index >= 15 is 13.2 Å². The number of carbonyl (C=O) groups excluding carboxylic acids is 2. The molecule has 3 aromatic rings. The summed E-state index contributed by atoms with van der Waals surface area (Å²) in [4.78, 5) is 25.3. The molecule has 0 bridgehead atoms. The molecule has 8 heteroatoms. The molecular weight excluding hydrogens is 483 g/mol. The molecule has 196 valence electrons. The van der Waals surface area contributed by atoms with E-state index in [1.165, 1.54) is 19.2 Å². The Morgan fingerprint density at radius 3 is 2.22 bits per heavy atom. The number of hydrogen-bond donors (Lipinski definition) is 1. The highest BCUT2D eigenvalue weighted by Crippen LogP contribution is 2.34. The molecule has 1 amide bonds. The summed E-state index contributed by atoms with van der Waals surface area (Å²) >= 11 is 0. The van der Waals surface area contributed by atoms with E-state index in [0.29, 0.717) is 11.3 Å². The summed E-state index contributed by atoms with van der Waals surface area (Å²) in [5.74, 6) is -3.56. The fraction of sp³-hybridized carbons (Fsp3) is 0.310. The van der Waals surface area contributed by atoms with Crippen LogP contribution in [0.25, 0.3) is 11.1 Å². The second-order valence-electron chi connectivity index (χ2n) is 9.65. The number of rotatable bonds is 8. The number of ketones is 1. The summed E-state index contributed by atoms with van der Waals surface area (Å²) in [6.07, 6.45) is -1.27. The van der Waals surface area contributed by atoms with Gasteiger partial charge < -0.3 is 14.8 Å². The average molecular weight is 514 g/mol. The Morgan fingerprint density at radius 1 is 0.973 bits per heavy atom. The Labute approximate surface area is 214 Å². The first kappa shape index (κ1) is 27.8. The third kappa shape index (κ3) is 6.90. The van der Waals surface area contributed by atoms with Crippen LogP contribution in [-0.2, 0) is 4.74 Å². The monoisotopic (exact) mass is 513 g/mol. The Balaban J connectivity index is 1.97. The Morgan fingerprint density at radius 2 is 1.62 bits per heavy atom. The number of halogens is 3. The lowest BCUT2D eigenvalue weighted by Gasteiger charge is -2.25. The molecule has 5 nitrogen and oxygen atoms in total. The minimum absolute atomic E-state index is 0.147. The summed E-state index contributed by atoms with van der Waals surface area (Å²) in [6.45, 7) is 6.67. The first-order chi connectivity index (χ1) is 17.4. The molecular formula is C29H30F3NO4. The Bertz CT molecular complexity index is 1280. The van der Waals surface area contributed by atoms with Crippen LogP contribution >= 0.6 is 0 Å². The van der Waals surface area contributed by atoms with Crippen molar-refractivity contribution in [1.82, 2.24) is 5.32 Å². The van der Waals surface area contributed by atoms with Crippen molar-refractivity contribution in [3.05, 3.63) is 88.7 Å². The molecule has 1 unspecified atom stereocenters. The molecule has 1 N–H and O–H groups in total. The van der Waals surface area contributed by atoms with E-state index < -0.39 is 40.8 Å². The SMILES string of the molecule is COc1ccc(-c2cc(F)c(C(CCC(=O)c3ccccc3C)NC(=O)OC(C)(C)C)c(F)c2F)cc1. The van der Waals surface area contributed by atoms with Crippen molar-refractivity contribution in [3.63, 3.8) is 0 Å². The van der Waals surface area contributed by atoms with Gasteiger partial charge in [-0.2, -0.15) is 0 Å². The second-order valence-corrected chi connectivity index (χ2v) is 9.65. The van der Waals surface area contributed by atoms with E-state index in [2.05, 4.69) is 5.32 Å². The number of hydrogen-bond acceptors (Lipinski definition) is 4. The zero-order valence-corrected chi connectivity index (χ0v) is 21.5. The zero-order chi connectivity index (χ0) is 27.3. The van der Waals surface area contributed by atoms with Crippen LogP contribution in [0.2, 0.25) is 0 Å². The predicted octanol–water partition coefficient (Wildman–Crippen LogP) is 7.32. The van der Waals surface area contributed by atoms with E-state index in [0.717, 1.165) is 11.6 Å². The first-order valence-electron chi connectivity index (χ1n) is 11.8. The maximum absolute atomic E-state index is 15.4. The molecule has 1 atom stereocenters. The van der Waals surface area contributed by atoms with Gasteiger partial charge in [0.25, 0.3) is 0 Å². The van der Waals surface area contributed by atoms with E-state index in [9.17, 15) is 9.59 Å². The minimum atomic E-state index is -1.45. The molecule has 0 spiro atoms. The Kier molecular flexibility index (Phi) is 8.63. The van der Waals surface area contributed by atoms with Crippen LogP contribution in [0.4, 0.5) is 18.0 Å². The molecule has 0 saturated carbocycles. The summed E-state index contributed by atoms with van der Waals surface area (Å²) in [5, 5.41) is 2.42. The zero-order valence-electron chi connectivity index (χ0n) is 21.5. The molecule has 37 heavy (non-hydrogen) atoms. The van der Waals surface area contributed by atoms with Crippen LogP contribution < -0.4 is 10.1 Å². The molecule has 0 fully saturated rings. The van der Waals surface area contributed by atoms with Crippen molar-refractivity contribution in [1.29, 1.82) is 0 Å². The lowest BCUT2D eigenvalue weighted by atomic mass is 9.93. The van der Waals surface area contributed by atoms with Gasteiger partial charge in [0.15, 0.2) is 17.4 Å². The highest BCUT2D eigenvalue weighted by Gasteiger charge is 2.29. The van der Waals surface area contributed by atoms with Crippen LogP contribution in [0.3, 0.4) is 0 Å². The van der Waals surface area contributed by atoms with Crippen molar-refractivity contribution in [3.8, 4) is 16.9 Å². The molecule has 0 aliphatic heterocycles. The van der Waals surface area contributed by atoms with Crippen molar-refractivity contribution < 1.29 is 32.2 Å². The smallest absolute Gasteiger partial charge is 0.408 e. The van der Waals surface area contributed by atoms with Gasteiger partial charge in [-0.15, -0.1) is 0 Å². The number of alkyl carbamates (subject to hydrolysis) is 1. The quantitative estimate of drug-likeness (QED) is 0.253.